The Bertz CT molecular complexity index is 347. The lowest BCUT2D eigenvalue weighted by atomic mass is 10.0. The van der Waals surface area contributed by atoms with Crippen LogP contribution in [0.5, 0.6) is 0 Å². The molecule has 2 rings (SSSR count). The average Bonchev–Trinajstić information content (AvgIpc) is 2.41. The number of ether oxygens (including phenoxy) is 1. The minimum Gasteiger partial charge on any atom is -0.379 e. The highest BCUT2D eigenvalue weighted by molar-refractivity contribution is 5.08. The van der Waals surface area contributed by atoms with Crippen LogP contribution >= 0.6 is 0 Å². The van der Waals surface area contributed by atoms with Gasteiger partial charge in [-0.3, -0.25) is 9.88 Å². The van der Waals surface area contributed by atoms with Crippen LogP contribution in [0.15, 0.2) is 24.5 Å². The fourth-order valence-electron chi connectivity index (χ4n) is 2.30. The third-order valence-electron chi connectivity index (χ3n) is 3.48. The molecule has 0 atom stereocenters. The summed E-state index contributed by atoms with van der Waals surface area (Å²) in [6.45, 7) is 10.2. The van der Waals surface area contributed by atoms with Gasteiger partial charge in [-0.25, -0.2) is 0 Å². The third-order valence-corrected chi connectivity index (χ3v) is 3.48. The molecule has 0 spiro atoms. The first kappa shape index (κ1) is 13.5. The van der Waals surface area contributed by atoms with Crippen LogP contribution in [0.2, 0.25) is 0 Å². The first-order chi connectivity index (χ1) is 8.68. The van der Waals surface area contributed by atoms with Crippen LogP contribution in [0.4, 0.5) is 0 Å². The average molecular weight is 249 g/mol. The van der Waals surface area contributed by atoms with Gasteiger partial charge in [0.2, 0.25) is 0 Å². The molecule has 1 saturated heterocycles. The maximum atomic E-state index is 5.40. The molecule has 0 unspecified atom stereocenters. The molecule has 1 N–H and O–H groups in total. The molecule has 1 aliphatic rings. The van der Waals surface area contributed by atoms with Crippen LogP contribution in [-0.2, 0) is 11.3 Å². The molecule has 2 heterocycles. The number of aromatic nitrogens is 1. The van der Waals surface area contributed by atoms with Gasteiger partial charge in [0.1, 0.15) is 0 Å². The van der Waals surface area contributed by atoms with Crippen LogP contribution in [0, 0.1) is 0 Å². The van der Waals surface area contributed by atoms with Crippen molar-refractivity contribution in [3.63, 3.8) is 0 Å². The molecule has 18 heavy (non-hydrogen) atoms. The first-order valence-electron chi connectivity index (χ1n) is 6.61. The van der Waals surface area contributed by atoms with E-state index in [0.29, 0.717) is 0 Å². The molecular weight excluding hydrogens is 226 g/mol. The zero-order valence-electron chi connectivity index (χ0n) is 11.4. The van der Waals surface area contributed by atoms with Gasteiger partial charge in [-0.15, -0.1) is 0 Å². The molecule has 0 bridgehead atoms. The van der Waals surface area contributed by atoms with E-state index in [0.717, 1.165) is 39.4 Å². The summed E-state index contributed by atoms with van der Waals surface area (Å²) < 4.78 is 5.40. The summed E-state index contributed by atoms with van der Waals surface area (Å²) in [4.78, 5) is 6.62. The largest absolute Gasteiger partial charge is 0.379 e. The second-order valence-electron chi connectivity index (χ2n) is 5.38. The van der Waals surface area contributed by atoms with Gasteiger partial charge in [-0.2, -0.15) is 0 Å². The Balaban J connectivity index is 1.77. The van der Waals surface area contributed by atoms with E-state index in [4.69, 9.17) is 4.74 Å². The Labute approximate surface area is 109 Å². The Morgan fingerprint density at radius 1 is 1.39 bits per heavy atom. The zero-order valence-corrected chi connectivity index (χ0v) is 11.4. The fraction of sp³-hybridized carbons (Fsp3) is 0.643. The second kappa shape index (κ2) is 6.27. The number of nitrogens with zero attached hydrogens (tertiary/aromatic N) is 2. The van der Waals surface area contributed by atoms with Gasteiger partial charge in [0, 0.05) is 44.1 Å². The van der Waals surface area contributed by atoms with Crippen molar-refractivity contribution in [1.29, 1.82) is 0 Å². The number of nitrogens with one attached hydrogen (secondary N) is 1. The van der Waals surface area contributed by atoms with Gasteiger partial charge in [-0.05, 0) is 25.5 Å². The van der Waals surface area contributed by atoms with Crippen LogP contribution < -0.4 is 5.32 Å². The highest BCUT2D eigenvalue weighted by Gasteiger charge is 2.27. The van der Waals surface area contributed by atoms with Crippen molar-refractivity contribution in [2.24, 2.45) is 0 Å². The summed E-state index contributed by atoms with van der Waals surface area (Å²) in [7, 11) is 0. The summed E-state index contributed by atoms with van der Waals surface area (Å²) in [5.41, 5.74) is 1.40. The molecule has 1 aromatic rings. The Morgan fingerprint density at radius 3 is 2.83 bits per heavy atom. The quantitative estimate of drug-likeness (QED) is 0.853. The second-order valence-corrected chi connectivity index (χ2v) is 5.38. The van der Waals surface area contributed by atoms with E-state index in [9.17, 15) is 0 Å². The lowest BCUT2D eigenvalue weighted by Gasteiger charge is -2.41. The molecule has 100 valence electrons. The van der Waals surface area contributed by atoms with E-state index in [2.05, 4.69) is 35.1 Å². The van der Waals surface area contributed by atoms with E-state index in [1.165, 1.54) is 5.56 Å². The van der Waals surface area contributed by atoms with Crippen molar-refractivity contribution >= 4 is 0 Å². The number of pyridine rings is 1. The number of morpholine rings is 1. The van der Waals surface area contributed by atoms with Crippen LogP contribution in [0.25, 0.3) is 0 Å². The van der Waals surface area contributed by atoms with Crippen molar-refractivity contribution in [3.8, 4) is 0 Å². The molecule has 0 aliphatic carbocycles. The SMILES string of the molecule is CC(C)(CNCc1cccnc1)N1CCOCC1. The summed E-state index contributed by atoms with van der Waals surface area (Å²) in [6, 6.07) is 4.08. The lowest BCUT2D eigenvalue weighted by Crippen LogP contribution is -2.54. The molecule has 1 aliphatic heterocycles. The summed E-state index contributed by atoms with van der Waals surface area (Å²) in [5, 5.41) is 3.52. The van der Waals surface area contributed by atoms with E-state index >= 15 is 0 Å². The van der Waals surface area contributed by atoms with Crippen molar-refractivity contribution in [1.82, 2.24) is 15.2 Å². The smallest absolute Gasteiger partial charge is 0.0594 e. The maximum Gasteiger partial charge on any atom is 0.0594 e. The molecule has 1 fully saturated rings. The minimum absolute atomic E-state index is 0.173. The van der Waals surface area contributed by atoms with E-state index < -0.39 is 0 Å². The number of hydrogen-bond donors (Lipinski definition) is 1. The van der Waals surface area contributed by atoms with Crippen molar-refractivity contribution in [3.05, 3.63) is 30.1 Å². The topological polar surface area (TPSA) is 37.4 Å². The lowest BCUT2D eigenvalue weighted by molar-refractivity contribution is -0.00967. The Hall–Kier alpha value is -0.970. The number of rotatable bonds is 5. The van der Waals surface area contributed by atoms with E-state index in [1.54, 1.807) is 6.20 Å². The molecule has 4 heteroatoms. The molecule has 0 saturated carbocycles. The van der Waals surface area contributed by atoms with Crippen LogP contribution in [-0.4, -0.2) is 48.3 Å². The van der Waals surface area contributed by atoms with E-state index in [1.807, 2.05) is 12.3 Å². The summed E-state index contributed by atoms with van der Waals surface area (Å²) in [5.74, 6) is 0. The highest BCUT2D eigenvalue weighted by Crippen LogP contribution is 2.15. The molecule has 4 nitrogen and oxygen atoms in total. The van der Waals surface area contributed by atoms with Crippen molar-refractivity contribution < 1.29 is 4.74 Å². The minimum atomic E-state index is 0.173. The normalized spacial score (nSPS) is 17.9. The van der Waals surface area contributed by atoms with Gasteiger partial charge in [0.05, 0.1) is 13.2 Å². The maximum absolute atomic E-state index is 5.40. The molecule has 1 aromatic heterocycles. The summed E-state index contributed by atoms with van der Waals surface area (Å²) >= 11 is 0. The van der Waals surface area contributed by atoms with Crippen LogP contribution in [0.1, 0.15) is 19.4 Å². The first-order valence-corrected chi connectivity index (χ1v) is 6.61. The van der Waals surface area contributed by atoms with Gasteiger partial charge in [0.15, 0.2) is 0 Å². The summed E-state index contributed by atoms with van der Waals surface area (Å²) in [6.07, 6.45) is 3.72. The van der Waals surface area contributed by atoms with Crippen molar-refractivity contribution in [2.45, 2.75) is 25.9 Å². The predicted molar refractivity (Wildman–Crippen MR) is 72.4 cm³/mol. The Kier molecular flexibility index (Phi) is 4.69. The van der Waals surface area contributed by atoms with Crippen molar-refractivity contribution in [2.75, 3.05) is 32.8 Å². The van der Waals surface area contributed by atoms with Gasteiger partial charge in [0.25, 0.3) is 0 Å². The van der Waals surface area contributed by atoms with Gasteiger partial charge < -0.3 is 10.1 Å². The standard InChI is InChI=1S/C14H23N3O/c1-14(2,17-6-8-18-9-7-17)12-16-11-13-4-3-5-15-10-13/h3-5,10,16H,6-9,11-12H2,1-2H3. The molecule has 0 aromatic carbocycles. The fourth-order valence-corrected chi connectivity index (χ4v) is 2.30. The third kappa shape index (κ3) is 3.77. The van der Waals surface area contributed by atoms with Crippen LogP contribution in [0.3, 0.4) is 0 Å². The predicted octanol–water partition coefficient (Wildman–Crippen LogP) is 1.28. The zero-order chi connectivity index (χ0) is 12.8. The molecule has 0 amide bonds. The number of hydrogen-bond acceptors (Lipinski definition) is 4. The molecule has 0 radical (unpaired) electrons. The van der Waals surface area contributed by atoms with Gasteiger partial charge in [-0.1, -0.05) is 6.07 Å². The van der Waals surface area contributed by atoms with Gasteiger partial charge >= 0.3 is 0 Å². The molecular formula is C14H23N3O. The Morgan fingerprint density at radius 2 is 2.17 bits per heavy atom. The monoisotopic (exact) mass is 249 g/mol. The highest BCUT2D eigenvalue weighted by atomic mass is 16.5. The van der Waals surface area contributed by atoms with E-state index in [-0.39, 0.29) is 5.54 Å².